The second-order valence-electron chi connectivity index (χ2n) is 2.71. The van der Waals surface area contributed by atoms with Crippen molar-refractivity contribution >= 4 is 33.4 Å². The number of rotatable bonds is 2. The molecule has 2 amide bonds. The first-order valence-corrected chi connectivity index (χ1v) is 4.93. The lowest BCUT2D eigenvalue weighted by atomic mass is 10.3. The molecule has 0 heterocycles. The lowest BCUT2D eigenvalue weighted by Gasteiger charge is -2.06. The first-order chi connectivity index (χ1) is 7.54. The van der Waals surface area contributed by atoms with Gasteiger partial charge in [0.15, 0.2) is 0 Å². The summed E-state index contributed by atoms with van der Waals surface area (Å²) in [7, 11) is 1.20. The molecule has 0 aliphatic rings. The highest BCUT2D eigenvalue weighted by Gasteiger charge is 2.14. The van der Waals surface area contributed by atoms with Crippen molar-refractivity contribution in [1.29, 1.82) is 0 Å². The molecule has 7 heteroatoms. The van der Waals surface area contributed by atoms with Gasteiger partial charge in [-0.25, -0.2) is 9.87 Å². The van der Waals surface area contributed by atoms with Crippen LogP contribution in [0.2, 0.25) is 0 Å². The molecule has 0 saturated carbocycles. The van der Waals surface area contributed by atoms with E-state index in [2.05, 4.69) is 26.1 Å². The van der Waals surface area contributed by atoms with E-state index in [1.54, 1.807) is 0 Å². The van der Waals surface area contributed by atoms with Crippen LogP contribution < -0.4 is 10.8 Å². The van der Waals surface area contributed by atoms with Crippen LogP contribution in [0.15, 0.2) is 22.7 Å². The van der Waals surface area contributed by atoms with Gasteiger partial charge in [-0.2, -0.15) is 0 Å². The Labute approximate surface area is 99.0 Å². The molecule has 2 N–H and O–H groups in total. The highest BCUT2D eigenvalue weighted by atomic mass is 79.9. The maximum Gasteiger partial charge on any atom is 0.333 e. The summed E-state index contributed by atoms with van der Waals surface area (Å²) >= 11 is 3.10. The van der Waals surface area contributed by atoms with E-state index >= 15 is 0 Å². The summed E-state index contributed by atoms with van der Waals surface area (Å²) in [5.41, 5.74) is 2.00. The molecule has 1 aromatic rings. The van der Waals surface area contributed by atoms with E-state index < -0.39 is 17.6 Å². The van der Waals surface area contributed by atoms with Gasteiger partial charge in [-0.15, -0.1) is 0 Å². The van der Waals surface area contributed by atoms with Crippen LogP contribution in [0.25, 0.3) is 0 Å². The third kappa shape index (κ3) is 3.28. The topological polar surface area (TPSA) is 67.4 Å². The van der Waals surface area contributed by atoms with E-state index in [9.17, 15) is 14.0 Å². The number of carbonyl (C=O) groups is 2. The van der Waals surface area contributed by atoms with Crippen LogP contribution in [-0.2, 0) is 14.4 Å². The molecule has 0 aliphatic heterocycles. The number of hydrogen-bond donors (Lipinski definition) is 2. The van der Waals surface area contributed by atoms with Crippen molar-refractivity contribution < 1.29 is 18.8 Å². The lowest BCUT2D eigenvalue weighted by molar-refractivity contribution is -0.142. The molecule has 0 unspecified atom stereocenters. The number of carbonyl (C=O) groups excluding carboxylic acids is 2. The standard InChI is InChI=1S/C9H8BrFN2O3/c1-16-13-9(15)8(14)12-7-4-5(11)2-3-6(7)10/h2-4H,1H3,(H,12,14)(H,13,15). The molecule has 0 aromatic heterocycles. The summed E-state index contributed by atoms with van der Waals surface area (Å²) in [6, 6.07) is 3.72. The zero-order chi connectivity index (χ0) is 12.1. The van der Waals surface area contributed by atoms with Gasteiger partial charge < -0.3 is 5.32 Å². The van der Waals surface area contributed by atoms with Crippen LogP contribution in [0.5, 0.6) is 0 Å². The van der Waals surface area contributed by atoms with Gasteiger partial charge in [-0.05, 0) is 34.1 Å². The van der Waals surface area contributed by atoms with E-state index in [1.807, 2.05) is 5.48 Å². The normalized spacial score (nSPS) is 9.69. The number of anilines is 1. The van der Waals surface area contributed by atoms with Crippen molar-refractivity contribution in [3.05, 3.63) is 28.5 Å². The van der Waals surface area contributed by atoms with E-state index in [-0.39, 0.29) is 5.69 Å². The Morgan fingerprint density at radius 2 is 2.06 bits per heavy atom. The summed E-state index contributed by atoms with van der Waals surface area (Å²) in [5.74, 6) is -2.45. The van der Waals surface area contributed by atoms with Crippen molar-refractivity contribution in [2.24, 2.45) is 0 Å². The second kappa shape index (κ2) is 5.57. The second-order valence-corrected chi connectivity index (χ2v) is 3.57. The molecule has 0 aliphatic carbocycles. The van der Waals surface area contributed by atoms with Crippen LogP contribution in [0.1, 0.15) is 0 Å². The summed E-state index contributed by atoms with van der Waals surface area (Å²) in [6.45, 7) is 0. The zero-order valence-corrected chi connectivity index (χ0v) is 9.80. The molecule has 0 bridgehead atoms. The molecule has 1 aromatic carbocycles. The fourth-order valence-electron chi connectivity index (χ4n) is 0.911. The highest BCUT2D eigenvalue weighted by Crippen LogP contribution is 2.22. The van der Waals surface area contributed by atoms with Crippen LogP contribution >= 0.6 is 15.9 Å². The van der Waals surface area contributed by atoms with Gasteiger partial charge in [-0.3, -0.25) is 14.4 Å². The Kier molecular flexibility index (Phi) is 4.39. The van der Waals surface area contributed by atoms with Crippen molar-refractivity contribution in [1.82, 2.24) is 5.48 Å². The van der Waals surface area contributed by atoms with Crippen LogP contribution in [0.4, 0.5) is 10.1 Å². The van der Waals surface area contributed by atoms with Crippen molar-refractivity contribution in [2.45, 2.75) is 0 Å². The molecule has 1 rings (SSSR count). The molecule has 0 fully saturated rings. The van der Waals surface area contributed by atoms with Crippen molar-refractivity contribution in [2.75, 3.05) is 12.4 Å². The first-order valence-electron chi connectivity index (χ1n) is 4.14. The summed E-state index contributed by atoms with van der Waals surface area (Å²) < 4.78 is 13.3. The monoisotopic (exact) mass is 290 g/mol. The summed E-state index contributed by atoms with van der Waals surface area (Å²) in [5, 5.41) is 2.22. The smallest absolute Gasteiger partial charge is 0.317 e. The molecular formula is C9H8BrFN2O3. The van der Waals surface area contributed by atoms with Crippen molar-refractivity contribution in [3.63, 3.8) is 0 Å². The van der Waals surface area contributed by atoms with Crippen LogP contribution in [0, 0.1) is 5.82 Å². The number of hydroxylamine groups is 1. The molecular weight excluding hydrogens is 283 g/mol. The highest BCUT2D eigenvalue weighted by molar-refractivity contribution is 9.10. The predicted molar refractivity (Wildman–Crippen MR) is 57.9 cm³/mol. The Morgan fingerprint density at radius 3 is 2.69 bits per heavy atom. The van der Waals surface area contributed by atoms with E-state index in [0.717, 1.165) is 6.07 Å². The number of hydrogen-bond acceptors (Lipinski definition) is 3. The van der Waals surface area contributed by atoms with Gasteiger partial charge in [0.05, 0.1) is 12.8 Å². The number of benzene rings is 1. The van der Waals surface area contributed by atoms with Gasteiger partial charge in [0.2, 0.25) is 0 Å². The molecule has 0 spiro atoms. The molecule has 0 saturated heterocycles. The van der Waals surface area contributed by atoms with Gasteiger partial charge in [0.1, 0.15) is 5.82 Å². The summed E-state index contributed by atoms with van der Waals surface area (Å²) in [4.78, 5) is 26.5. The largest absolute Gasteiger partial charge is 0.333 e. The maximum absolute atomic E-state index is 12.8. The minimum absolute atomic E-state index is 0.163. The van der Waals surface area contributed by atoms with Gasteiger partial charge in [0, 0.05) is 4.47 Å². The fourth-order valence-corrected chi connectivity index (χ4v) is 1.26. The van der Waals surface area contributed by atoms with Crippen LogP contribution in [-0.4, -0.2) is 18.9 Å². The van der Waals surface area contributed by atoms with Gasteiger partial charge in [-0.1, -0.05) is 0 Å². The van der Waals surface area contributed by atoms with Crippen LogP contribution in [0.3, 0.4) is 0 Å². The molecule has 5 nitrogen and oxygen atoms in total. The minimum Gasteiger partial charge on any atom is -0.317 e. The third-order valence-electron chi connectivity index (χ3n) is 1.58. The number of amides is 2. The summed E-state index contributed by atoms with van der Waals surface area (Å²) in [6.07, 6.45) is 0. The third-order valence-corrected chi connectivity index (χ3v) is 2.27. The number of halogens is 2. The lowest BCUT2D eigenvalue weighted by Crippen LogP contribution is -2.34. The fraction of sp³-hybridized carbons (Fsp3) is 0.111. The van der Waals surface area contributed by atoms with E-state index in [4.69, 9.17) is 0 Å². The van der Waals surface area contributed by atoms with Gasteiger partial charge >= 0.3 is 11.8 Å². The predicted octanol–water partition coefficient (Wildman–Crippen LogP) is 1.20. The SMILES string of the molecule is CONC(=O)C(=O)Nc1cc(F)ccc1Br. The zero-order valence-electron chi connectivity index (χ0n) is 8.21. The van der Waals surface area contributed by atoms with E-state index in [1.165, 1.54) is 19.2 Å². The Hall–Kier alpha value is -1.47. The quantitative estimate of drug-likeness (QED) is 0.635. The number of nitrogens with one attached hydrogen (secondary N) is 2. The maximum atomic E-state index is 12.8. The Balaban J connectivity index is 2.76. The molecule has 16 heavy (non-hydrogen) atoms. The molecule has 0 atom stereocenters. The van der Waals surface area contributed by atoms with E-state index in [0.29, 0.717) is 4.47 Å². The minimum atomic E-state index is -0.973. The average molecular weight is 291 g/mol. The molecule has 86 valence electrons. The van der Waals surface area contributed by atoms with Crippen molar-refractivity contribution in [3.8, 4) is 0 Å². The Morgan fingerprint density at radius 1 is 1.38 bits per heavy atom. The van der Waals surface area contributed by atoms with Gasteiger partial charge in [0.25, 0.3) is 0 Å². The average Bonchev–Trinajstić information content (AvgIpc) is 2.23. The Bertz CT molecular complexity index is 425. The molecule has 0 radical (unpaired) electrons. The first kappa shape index (κ1) is 12.6.